The summed E-state index contributed by atoms with van der Waals surface area (Å²) in [7, 11) is 0. The van der Waals surface area contributed by atoms with Gasteiger partial charge in [0.15, 0.2) is 11.5 Å². The van der Waals surface area contributed by atoms with Crippen LogP contribution in [0.25, 0.3) is 0 Å². The number of nitrogens with zero attached hydrogens (tertiary/aromatic N) is 1. The molecule has 0 unspecified atom stereocenters. The van der Waals surface area contributed by atoms with E-state index in [1.807, 2.05) is 0 Å². The normalized spacial score (nSPS) is 19.2. The van der Waals surface area contributed by atoms with Crippen LogP contribution in [0, 0.1) is 6.92 Å². The lowest BCUT2D eigenvalue weighted by atomic mass is 10.1. The fraction of sp³-hybridized carbons (Fsp3) is 0.538. The van der Waals surface area contributed by atoms with Gasteiger partial charge in [0.2, 0.25) is 6.79 Å². The van der Waals surface area contributed by atoms with Crippen molar-refractivity contribution in [3.05, 3.63) is 21.7 Å². The molecular weight excluding hydrogens is 296 g/mol. The van der Waals surface area contributed by atoms with Gasteiger partial charge in [-0.25, -0.2) is 0 Å². The standard InChI is InChI=1S/C13H17BrN2O2/c1-9-6-11-13(18-8-17-11)12(14)10(9)7-16-4-2-15-3-5-16/h6,15H,2-5,7-8H2,1H3. The molecule has 0 atom stereocenters. The van der Waals surface area contributed by atoms with Gasteiger partial charge in [-0.3, -0.25) is 4.90 Å². The number of rotatable bonds is 2. The van der Waals surface area contributed by atoms with E-state index in [1.165, 1.54) is 11.1 Å². The zero-order valence-corrected chi connectivity index (χ0v) is 12.0. The minimum absolute atomic E-state index is 0.324. The van der Waals surface area contributed by atoms with Crippen LogP contribution in [0.3, 0.4) is 0 Å². The molecule has 2 heterocycles. The lowest BCUT2D eigenvalue weighted by Crippen LogP contribution is -2.43. The predicted octanol–water partition coefficient (Wildman–Crippen LogP) is 1.89. The van der Waals surface area contributed by atoms with Crippen LogP contribution in [-0.2, 0) is 6.54 Å². The van der Waals surface area contributed by atoms with Crippen LogP contribution in [0.1, 0.15) is 11.1 Å². The fourth-order valence-electron chi connectivity index (χ4n) is 2.45. The number of halogens is 1. The predicted molar refractivity (Wildman–Crippen MR) is 73.1 cm³/mol. The second-order valence-corrected chi connectivity index (χ2v) is 5.54. The van der Waals surface area contributed by atoms with E-state index in [1.54, 1.807) is 0 Å². The zero-order valence-electron chi connectivity index (χ0n) is 10.5. The van der Waals surface area contributed by atoms with Gasteiger partial charge in [-0.05, 0) is 40.0 Å². The molecule has 0 radical (unpaired) electrons. The van der Waals surface area contributed by atoms with Crippen LogP contribution < -0.4 is 14.8 Å². The number of nitrogens with one attached hydrogen (secondary N) is 1. The van der Waals surface area contributed by atoms with Crippen LogP contribution in [0.2, 0.25) is 0 Å². The van der Waals surface area contributed by atoms with Crippen molar-refractivity contribution in [3.8, 4) is 11.5 Å². The van der Waals surface area contributed by atoms with Crippen molar-refractivity contribution >= 4 is 15.9 Å². The molecule has 0 aromatic heterocycles. The van der Waals surface area contributed by atoms with E-state index >= 15 is 0 Å². The highest BCUT2D eigenvalue weighted by atomic mass is 79.9. The molecule has 3 rings (SSSR count). The maximum Gasteiger partial charge on any atom is 0.231 e. The van der Waals surface area contributed by atoms with E-state index in [0.29, 0.717) is 6.79 Å². The highest BCUT2D eigenvalue weighted by Crippen LogP contribution is 2.43. The Morgan fingerprint density at radius 2 is 2.11 bits per heavy atom. The van der Waals surface area contributed by atoms with E-state index in [9.17, 15) is 0 Å². The maximum atomic E-state index is 5.51. The molecule has 2 aliphatic rings. The average molecular weight is 313 g/mol. The van der Waals surface area contributed by atoms with Crippen LogP contribution >= 0.6 is 15.9 Å². The van der Waals surface area contributed by atoms with Crippen molar-refractivity contribution in [2.45, 2.75) is 13.5 Å². The third kappa shape index (κ3) is 2.22. The van der Waals surface area contributed by atoms with Gasteiger partial charge in [-0.15, -0.1) is 0 Å². The molecule has 0 amide bonds. The van der Waals surface area contributed by atoms with Crippen LogP contribution in [0.5, 0.6) is 11.5 Å². The van der Waals surface area contributed by atoms with Gasteiger partial charge in [-0.2, -0.15) is 0 Å². The molecule has 0 spiro atoms. The number of hydrogen-bond acceptors (Lipinski definition) is 4. The van der Waals surface area contributed by atoms with Crippen molar-refractivity contribution in [2.24, 2.45) is 0 Å². The number of aryl methyl sites for hydroxylation is 1. The molecule has 4 nitrogen and oxygen atoms in total. The summed E-state index contributed by atoms with van der Waals surface area (Å²) in [6, 6.07) is 2.07. The first-order valence-corrected chi connectivity index (χ1v) is 7.05. The van der Waals surface area contributed by atoms with E-state index < -0.39 is 0 Å². The summed E-state index contributed by atoms with van der Waals surface area (Å²) < 4.78 is 12.0. The molecule has 1 aromatic rings. The van der Waals surface area contributed by atoms with Crippen molar-refractivity contribution in [1.29, 1.82) is 0 Å². The van der Waals surface area contributed by atoms with Crippen LogP contribution in [-0.4, -0.2) is 37.9 Å². The molecule has 5 heteroatoms. The lowest BCUT2D eigenvalue weighted by Gasteiger charge is -2.28. The van der Waals surface area contributed by atoms with Gasteiger partial charge >= 0.3 is 0 Å². The van der Waals surface area contributed by atoms with E-state index in [4.69, 9.17) is 9.47 Å². The molecule has 2 aliphatic heterocycles. The third-order valence-corrected chi connectivity index (χ3v) is 4.36. The SMILES string of the molecule is Cc1cc2c(c(Br)c1CN1CCNCC1)OCO2. The summed E-state index contributed by atoms with van der Waals surface area (Å²) >= 11 is 3.66. The summed E-state index contributed by atoms with van der Waals surface area (Å²) in [5, 5.41) is 3.37. The quantitative estimate of drug-likeness (QED) is 0.904. The van der Waals surface area contributed by atoms with Gasteiger partial charge in [0.05, 0.1) is 4.47 Å². The third-order valence-electron chi connectivity index (χ3n) is 3.52. The van der Waals surface area contributed by atoms with Crippen molar-refractivity contribution in [3.63, 3.8) is 0 Å². The number of hydrogen-bond donors (Lipinski definition) is 1. The second-order valence-electron chi connectivity index (χ2n) is 4.75. The Morgan fingerprint density at radius 1 is 1.33 bits per heavy atom. The molecule has 1 aromatic carbocycles. The molecule has 1 saturated heterocycles. The second kappa shape index (κ2) is 5.07. The molecule has 0 saturated carbocycles. The first-order chi connectivity index (χ1) is 8.75. The molecule has 1 N–H and O–H groups in total. The summed E-state index contributed by atoms with van der Waals surface area (Å²) in [4.78, 5) is 2.46. The topological polar surface area (TPSA) is 33.7 Å². The Balaban J connectivity index is 1.87. The summed E-state index contributed by atoms with van der Waals surface area (Å²) in [5.41, 5.74) is 2.56. The van der Waals surface area contributed by atoms with Crippen molar-refractivity contribution in [2.75, 3.05) is 33.0 Å². The number of piperazine rings is 1. The van der Waals surface area contributed by atoms with Crippen LogP contribution in [0.4, 0.5) is 0 Å². The Kier molecular flexibility index (Phi) is 3.46. The van der Waals surface area contributed by atoms with E-state index in [-0.39, 0.29) is 0 Å². The number of benzene rings is 1. The Labute approximate surface area is 115 Å². The first kappa shape index (κ1) is 12.3. The molecule has 0 aliphatic carbocycles. The van der Waals surface area contributed by atoms with Crippen molar-refractivity contribution < 1.29 is 9.47 Å². The smallest absolute Gasteiger partial charge is 0.231 e. The Bertz CT molecular complexity index is 459. The summed E-state index contributed by atoms with van der Waals surface area (Å²) in [6.07, 6.45) is 0. The van der Waals surface area contributed by atoms with Crippen LogP contribution in [0.15, 0.2) is 10.5 Å². The molecule has 18 heavy (non-hydrogen) atoms. The molecule has 0 bridgehead atoms. The fourth-order valence-corrected chi connectivity index (χ4v) is 3.20. The lowest BCUT2D eigenvalue weighted by molar-refractivity contribution is 0.173. The summed E-state index contributed by atoms with van der Waals surface area (Å²) in [6.45, 7) is 7.75. The van der Waals surface area contributed by atoms with Gasteiger partial charge < -0.3 is 14.8 Å². The highest BCUT2D eigenvalue weighted by molar-refractivity contribution is 9.10. The van der Waals surface area contributed by atoms with E-state index in [2.05, 4.69) is 39.1 Å². The number of fused-ring (bicyclic) bond motifs is 1. The Morgan fingerprint density at radius 3 is 2.89 bits per heavy atom. The van der Waals surface area contributed by atoms with Gasteiger partial charge in [0.25, 0.3) is 0 Å². The molecule has 1 fully saturated rings. The Hall–Kier alpha value is -0.780. The van der Waals surface area contributed by atoms with E-state index in [0.717, 1.165) is 48.7 Å². The van der Waals surface area contributed by atoms with Gasteiger partial charge in [0, 0.05) is 32.7 Å². The molecule has 98 valence electrons. The minimum Gasteiger partial charge on any atom is -0.454 e. The maximum absolute atomic E-state index is 5.51. The van der Waals surface area contributed by atoms with Crippen molar-refractivity contribution in [1.82, 2.24) is 10.2 Å². The van der Waals surface area contributed by atoms with Gasteiger partial charge in [-0.1, -0.05) is 0 Å². The molecular formula is C13H17BrN2O2. The number of ether oxygens (including phenoxy) is 2. The average Bonchev–Trinajstić information content (AvgIpc) is 2.84. The zero-order chi connectivity index (χ0) is 12.5. The minimum atomic E-state index is 0.324. The monoisotopic (exact) mass is 312 g/mol. The largest absolute Gasteiger partial charge is 0.454 e. The summed E-state index contributed by atoms with van der Waals surface area (Å²) in [5.74, 6) is 1.70. The first-order valence-electron chi connectivity index (χ1n) is 6.26. The van der Waals surface area contributed by atoms with Gasteiger partial charge in [0.1, 0.15) is 0 Å². The highest BCUT2D eigenvalue weighted by Gasteiger charge is 2.23.